The zero-order valence-electron chi connectivity index (χ0n) is 13.2. The van der Waals surface area contributed by atoms with E-state index < -0.39 is 5.41 Å². The molecule has 0 aliphatic rings. The van der Waals surface area contributed by atoms with Crippen molar-refractivity contribution in [2.45, 2.75) is 27.4 Å². The first-order chi connectivity index (χ1) is 10.5. The highest BCUT2D eigenvalue weighted by Gasteiger charge is 2.23. The molecule has 0 N–H and O–H groups in total. The van der Waals surface area contributed by atoms with Crippen LogP contribution in [0.2, 0.25) is 0 Å². The van der Waals surface area contributed by atoms with Gasteiger partial charge in [-0.2, -0.15) is 0 Å². The largest absolute Gasteiger partial charge is 0.460 e. The summed E-state index contributed by atoms with van der Waals surface area (Å²) < 4.78 is 5.51. The van der Waals surface area contributed by atoms with E-state index >= 15 is 0 Å². The van der Waals surface area contributed by atoms with Crippen LogP contribution in [0, 0.1) is 5.41 Å². The van der Waals surface area contributed by atoms with E-state index in [9.17, 15) is 4.79 Å². The molecule has 0 atom stereocenters. The minimum Gasteiger partial charge on any atom is -0.460 e. The van der Waals surface area contributed by atoms with E-state index in [1.165, 1.54) is 16.2 Å². The van der Waals surface area contributed by atoms with Crippen molar-refractivity contribution in [1.82, 2.24) is 0 Å². The fourth-order valence-corrected chi connectivity index (χ4v) is 2.61. The number of carbonyl (C=O) groups excluding carboxylic acids is 1. The van der Waals surface area contributed by atoms with Crippen LogP contribution < -0.4 is 0 Å². The average Bonchev–Trinajstić information content (AvgIpc) is 2.51. The van der Waals surface area contributed by atoms with Gasteiger partial charge in [-0.15, -0.1) is 0 Å². The van der Waals surface area contributed by atoms with Gasteiger partial charge < -0.3 is 4.74 Å². The number of ether oxygens (including phenoxy) is 1. The van der Waals surface area contributed by atoms with Gasteiger partial charge in [0.1, 0.15) is 6.61 Å². The van der Waals surface area contributed by atoms with Crippen LogP contribution in [0.1, 0.15) is 26.3 Å². The van der Waals surface area contributed by atoms with Crippen LogP contribution >= 0.6 is 0 Å². The fourth-order valence-electron chi connectivity index (χ4n) is 2.61. The molecule has 112 valence electrons. The van der Waals surface area contributed by atoms with Crippen LogP contribution in [0.5, 0.6) is 0 Å². The second-order valence-corrected chi connectivity index (χ2v) is 6.63. The Morgan fingerprint density at radius 1 is 0.909 bits per heavy atom. The van der Waals surface area contributed by atoms with Crippen molar-refractivity contribution in [3.05, 3.63) is 60.2 Å². The lowest BCUT2D eigenvalue weighted by Crippen LogP contribution is -2.22. The zero-order valence-corrected chi connectivity index (χ0v) is 13.2. The van der Waals surface area contributed by atoms with E-state index in [0.29, 0.717) is 6.61 Å². The van der Waals surface area contributed by atoms with Crippen LogP contribution in [0.15, 0.2) is 54.6 Å². The molecule has 0 aliphatic carbocycles. The van der Waals surface area contributed by atoms with Gasteiger partial charge in [0, 0.05) is 0 Å². The Hall–Kier alpha value is -2.35. The van der Waals surface area contributed by atoms with Crippen molar-refractivity contribution < 1.29 is 9.53 Å². The molecule has 0 heterocycles. The maximum absolute atomic E-state index is 12.0. The molecule has 0 unspecified atom stereocenters. The topological polar surface area (TPSA) is 26.3 Å². The highest BCUT2D eigenvalue weighted by Crippen LogP contribution is 2.29. The first-order valence-electron chi connectivity index (χ1n) is 7.53. The monoisotopic (exact) mass is 292 g/mol. The second kappa shape index (κ2) is 5.45. The number of benzene rings is 3. The molecule has 3 aromatic carbocycles. The summed E-state index contributed by atoms with van der Waals surface area (Å²) in [5, 5.41) is 4.73. The molecule has 0 spiro atoms. The van der Waals surface area contributed by atoms with Crippen molar-refractivity contribution in [3.63, 3.8) is 0 Å². The summed E-state index contributed by atoms with van der Waals surface area (Å²) in [5.41, 5.74) is 0.569. The third-order valence-corrected chi connectivity index (χ3v) is 3.82. The molecule has 2 nitrogen and oxygen atoms in total. The average molecular weight is 292 g/mol. The lowest BCUT2D eigenvalue weighted by molar-refractivity contribution is -0.154. The third kappa shape index (κ3) is 2.69. The molecule has 0 aromatic heterocycles. The van der Waals surface area contributed by atoms with Crippen molar-refractivity contribution in [1.29, 1.82) is 0 Å². The first-order valence-corrected chi connectivity index (χ1v) is 7.53. The smallest absolute Gasteiger partial charge is 0.311 e. The minimum atomic E-state index is -0.480. The summed E-state index contributed by atoms with van der Waals surface area (Å²) in [4.78, 5) is 12.0. The predicted molar refractivity (Wildman–Crippen MR) is 90.7 cm³/mol. The molecule has 0 saturated carbocycles. The molecule has 2 heteroatoms. The van der Waals surface area contributed by atoms with E-state index in [1.807, 2.05) is 45.0 Å². The minimum absolute atomic E-state index is 0.176. The molecule has 0 saturated heterocycles. The summed E-state index contributed by atoms with van der Waals surface area (Å²) in [6.45, 7) is 5.91. The molecule has 3 rings (SSSR count). The number of carbonyl (C=O) groups is 1. The van der Waals surface area contributed by atoms with E-state index in [0.717, 1.165) is 10.9 Å². The van der Waals surface area contributed by atoms with Gasteiger partial charge in [0.05, 0.1) is 5.41 Å². The van der Waals surface area contributed by atoms with Gasteiger partial charge >= 0.3 is 5.97 Å². The Kier molecular flexibility index (Phi) is 3.61. The standard InChI is InChI=1S/C20H20O2/c1-20(2,3)19(21)22-13-15-12-14-8-4-5-9-16(14)18-11-7-6-10-17(15)18/h4-12H,13H2,1-3H3. The Balaban J connectivity index is 2.06. The van der Waals surface area contributed by atoms with Crippen LogP contribution in [0.3, 0.4) is 0 Å². The molecule has 22 heavy (non-hydrogen) atoms. The van der Waals surface area contributed by atoms with Gasteiger partial charge in [0.25, 0.3) is 0 Å². The van der Waals surface area contributed by atoms with Crippen LogP contribution in [-0.2, 0) is 16.1 Å². The molecule has 3 aromatic rings. The predicted octanol–water partition coefficient (Wildman–Crippen LogP) is 5.08. The highest BCUT2D eigenvalue weighted by molar-refractivity contribution is 6.08. The van der Waals surface area contributed by atoms with Gasteiger partial charge in [-0.25, -0.2) is 0 Å². The Bertz CT molecular complexity index is 841. The van der Waals surface area contributed by atoms with Crippen molar-refractivity contribution in [2.75, 3.05) is 0 Å². The van der Waals surface area contributed by atoms with E-state index in [2.05, 4.69) is 30.3 Å². The lowest BCUT2D eigenvalue weighted by Gasteiger charge is -2.17. The van der Waals surface area contributed by atoms with Gasteiger partial charge in [-0.1, -0.05) is 48.5 Å². The summed E-state index contributed by atoms with van der Waals surface area (Å²) >= 11 is 0. The quantitative estimate of drug-likeness (QED) is 0.486. The second-order valence-electron chi connectivity index (χ2n) is 6.63. The fraction of sp³-hybridized carbons (Fsp3) is 0.250. The van der Waals surface area contributed by atoms with Gasteiger partial charge in [-0.05, 0) is 53.9 Å². The summed E-state index contributed by atoms with van der Waals surface area (Å²) in [5.74, 6) is -0.176. The number of rotatable bonds is 2. The third-order valence-electron chi connectivity index (χ3n) is 3.82. The Morgan fingerprint density at radius 3 is 2.18 bits per heavy atom. The van der Waals surface area contributed by atoms with Crippen LogP contribution in [-0.4, -0.2) is 5.97 Å². The molecule has 0 amide bonds. The zero-order chi connectivity index (χ0) is 15.7. The Labute approximate surface area is 130 Å². The summed E-state index contributed by atoms with van der Waals surface area (Å²) in [7, 11) is 0. The van der Waals surface area contributed by atoms with Gasteiger partial charge in [0.2, 0.25) is 0 Å². The molecular formula is C20H20O2. The summed E-state index contributed by atoms with van der Waals surface area (Å²) in [6, 6.07) is 18.7. The van der Waals surface area contributed by atoms with Crippen molar-refractivity contribution in [3.8, 4) is 0 Å². The van der Waals surface area contributed by atoms with Gasteiger partial charge in [-0.3, -0.25) is 4.79 Å². The van der Waals surface area contributed by atoms with E-state index in [4.69, 9.17) is 4.74 Å². The SMILES string of the molecule is CC(C)(C)C(=O)OCc1cc2ccccc2c2ccccc12. The van der Waals surface area contributed by atoms with Crippen molar-refractivity contribution in [2.24, 2.45) is 5.41 Å². The summed E-state index contributed by atoms with van der Waals surface area (Å²) in [6.07, 6.45) is 0. The van der Waals surface area contributed by atoms with Gasteiger partial charge in [0.15, 0.2) is 0 Å². The normalized spacial score (nSPS) is 11.8. The maximum atomic E-state index is 12.0. The van der Waals surface area contributed by atoms with E-state index in [-0.39, 0.29) is 5.97 Å². The number of fused-ring (bicyclic) bond motifs is 3. The maximum Gasteiger partial charge on any atom is 0.311 e. The molecule has 0 fully saturated rings. The van der Waals surface area contributed by atoms with E-state index in [1.54, 1.807) is 0 Å². The number of hydrogen-bond donors (Lipinski definition) is 0. The van der Waals surface area contributed by atoms with Crippen LogP contribution in [0.4, 0.5) is 0 Å². The number of hydrogen-bond acceptors (Lipinski definition) is 2. The van der Waals surface area contributed by atoms with Crippen molar-refractivity contribution >= 4 is 27.5 Å². The Morgan fingerprint density at radius 2 is 1.50 bits per heavy atom. The molecular weight excluding hydrogens is 272 g/mol. The molecule has 0 radical (unpaired) electrons. The van der Waals surface area contributed by atoms with Crippen LogP contribution in [0.25, 0.3) is 21.5 Å². The lowest BCUT2D eigenvalue weighted by atomic mass is 9.96. The number of esters is 1. The molecule has 0 aliphatic heterocycles. The highest BCUT2D eigenvalue weighted by atomic mass is 16.5. The molecule has 0 bridgehead atoms. The first kappa shape index (κ1) is 14.6.